The quantitative estimate of drug-likeness (QED) is 0.326. The number of ether oxygens (including phenoxy) is 2. The number of halogens is 1. The van der Waals surface area contributed by atoms with Gasteiger partial charge in [-0.2, -0.15) is 0 Å². The monoisotopic (exact) mass is 529 g/mol. The van der Waals surface area contributed by atoms with Gasteiger partial charge in [-0.3, -0.25) is 4.79 Å². The van der Waals surface area contributed by atoms with Crippen molar-refractivity contribution in [2.45, 2.75) is 6.61 Å². The van der Waals surface area contributed by atoms with Gasteiger partial charge in [-0.1, -0.05) is 42.5 Å². The first-order chi connectivity index (χ1) is 15.0. The van der Waals surface area contributed by atoms with Gasteiger partial charge in [0, 0.05) is 14.7 Å². The van der Waals surface area contributed by atoms with Crippen LogP contribution >= 0.6 is 22.6 Å². The molecule has 1 amide bonds. The first-order valence-electron chi connectivity index (χ1n) is 9.33. The number of rotatable bonds is 8. The SMILES string of the molecule is COc1cc(/C=C(/NC(=O)c2ccccc2)C(=O)O)ccc1OCc1ccccc1I. The molecule has 3 aromatic rings. The molecule has 6 nitrogen and oxygen atoms in total. The van der Waals surface area contributed by atoms with Gasteiger partial charge in [-0.25, -0.2) is 4.79 Å². The smallest absolute Gasteiger partial charge is 0.352 e. The molecule has 0 saturated carbocycles. The van der Waals surface area contributed by atoms with E-state index in [-0.39, 0.29) is 5.70 Å². The summed E-state index contributed by atoms with van der Waals surface area (Å²) in [5.41, 5.74) is 1.71. The molecule has 31 heavy (non-hydrogen) atoms. The summed E-state index contributed by atoms with van der Waals surface area (Å²) < 4.78 is 12.4. The van der Waals surface area contributed by atoms with Crippen LogP contribution in [0, 0.1) is 3.57 Å². The van der Waals surface area contributed by atoms with Crippen molar-refractivity contribution in [2.24, 2.45) is 0 Å². The van der Waals surface area contributed by atoms with Crippen molar-refractivity contribution < 1.29 is 24.2 Å². The summed E-state index contributed by atoms with van der Waals surface area (Å²) in [5.74, 6) is -0.760. The van der Waals surface area contributed by atoms with Gasteiger partial charge < -0.3 is 19.9 Å². The van der Waals surface area contributed by atoms with Gasteiger partial charge in [0.2, 0.25) is 0 Å². The van der Waals surface area contributed by atoms with E-state index in [2.05, 4.69) is 27.9 Å². The maximum absolute atomic E-state index is 12.3. The van der Waals surface area contributed by atoms with Crippen LogP contribution in [0.4, 0.5) is 0 Å². The minimum atomic E-state index is -1.25. The normalized spacial score (nSPS) is 11.0. The van der Waals surface area contributed by atoms with Crippen molar-refractivity contribution in [3.05, 3.63) is 98.8 Å². The molecule has 0 aliphatic carbocycles. The Morgan fingerprint density at radius 1 is 1.00 bits per heavy atom. The van der Waals surface area contributed by atoms with E-state index in [1.54, 1.807) is 48.5 Å². The molecule has 0 aromatic heterocycles. The van der Waals surface area contributed by atoms with Gasteiger partial charge in [0.05, 0.1) is 7.11 Å². The Morgan fingerprint density at radius 2 is 1.71 bits per heavy atom. The maximum Gasteiger partial charge on any atom is 0.352 e. The molecule has 2 N–H and O–H groups in total. The summed E-state index contributed by atoms with van der Waals surface area (Å²) in [4.78, 5) is 24.0. The fraction of sp³-hybridized carbons (Fsp3) is 0.0833. The molecule has 3 aromatic carbocycles. The summed E-state index contributed by atoms with van der Waals surface area (Å²) in [5, 5.41) is 11.9. The maximum atomic E-state index is 12.3. The number of carboxylic acid groups (broad SMARTS) is 1. The molecule has 3 rings (SSSR count). The average molecular weight is 529 g/mol. The van der Waals surface area contributed by atoms with Crippen molar-refractivity contribution in [1.82, 2.24) is 5.32 Å². The first-order valence-corrected chi connectivity index (χ1v) is 10.4. The predicted octanol–water partition coefficient (Wildman–Crippen LogP) is 4.73. The zero-order chi connectivity index (χ0) is 22.2. The van der Waals surface area contributed by atoms with Crippen LogP contribution in [0.3, 0.4) is 0 Å². The van der Waals surface area contributed by atoms with Gasteiger partial charge >= 0.3 is 5.97 Å². The number of carbonyl (C=O) groups is 2. The Hall–Kier alpha value is -3.33. The van der Waals surface area contributed by atoms with Crippen LogP contribution in [0.25, 0.3) is 6.08 Å². The van der Waals surface area contributed by atoms with Crippen molar-refractivity contribution in [3.63, 3.8) is 0 Å². The lowest BCUT2D eigenvalue weighted by Gasteiger charge is -2.13. The lowest BCUT2D eigenvalue weighted by molar-refractivity contribution is -0.132. The van der Waals surface area contributed by atoms with E-state index in [0.717, 1.165) is 9.13 Å². The van der Waals surface area contributed by atoms with E-state index < -0.39 is 11.9 Å². The zero-order valence-electron chi connectivity index (χ0n) is 16.7. The van der Waals surface area contributed by atoms with E-state index in [1.807, 2.05) is 24.3 Å². The van der Waals surface area contributed by atoms with Gasteiger partial charge in [0.15, 0.2) is 11.5 Å². The van der Waals surface area contributed by atoms with Crippen molar-refractivity contribution in [3.8, 4) is 11.5 Å². The van der Waals surface area contributed by atoms with Crippen LogP contribution in [-0.2, 0) is 11.4 Å². The second-order valence-electron chi connectivity index (χ2n) is 6.47. The van der Waals surface area contributed by atoms with Crippen LogP contribution in [0.5, 0.6) is 11.5 Å². The summed E-state index contributed by atoms with van der Waals surface area (Å²) in [6.45, 7) is 0.373. The number of hydrogen-bond acceptors (Lipinski definition) is 4. The standard InChI is InChI=1S/C24H20INO5/c1-30-22-14-16(11-12-21(22)31-15-18-9-5-6-10-19(18)25)13-20(24(28)29)26-23(27)17-7-3-2-4-8-17/h2-14H,15H2,1H3,(H,26,27)(H,28,29)/b20-13+. The molecule has 0 saturated heterocycles. The molecule has 0 radical (unpaired) electrons. The summed E-state index contributed by atoms with van der Waals surface area (Å²) in [7, 11) is 1.51. The molecule has 0 bridgehead atoms. The van der Waals surface area contributed by atoms with Crippen LogP contribution in [0.15, 0.2) is 78.5 Å². The molecule has 7 heteroatoms. The number of amides is 1. The molecule has 0 atom stereocenters. The van der Waals surface area contributed by atoms with Gasteiger partial charge in [-0.15, -0.1) is 0 Å². The molecule has 0 heterocycles. The fourth-order valence-corrected chi connectivity index (χ4v) is 3.31. The summed E-state index contributed by atoms with van der Waals surface area (Å²) >= 11 is 2.25. The summed E-state index contributed by atoms with van der Waals surface area (Å²) in [6.07, 6.45) is 1.37. The number of carboxylic acids is 1. The lowest BCUT2D eigenvalue weighted by Crippen LogP contribution is -2.27. The number of methoxy groups -OCH3 is 1. The Balaban J connectivity index is 1.79. The largest absolute Gasteiger partial charge is 0.493 e. The fourth-order valence-electron chi connectivity index (χ4n) is 2.77. The Kier molecular flexibility index (Phi) is 7.66. The van der Waals surface area contributed by atoms with Crippen LogP contribution < -0.4 is 14.8 Å². The average Bonchev–Trinajstić information content (AvgIpc) is 2.79. The highest BCUT2D eigenvalue weighted by atomic mass is 127. The molecule has 0 unspecified atom stereocenters. The molecule has 0 fully saturated rings. The highest BCUT2D eigenvalue weighted by molar-refractivity contribution is 14.1. The Morgan fingerprint density at radius 3 is 2.39 bits per heavy atom. The minimum Gasteiger partial charge on any atom is -0.493 e. The molecule has 0 aliphatic heterocycles. The highest BCUT2D eigenvalue weighted by Gasteiger charge is 2.14. The van der Waals surface area contributed by atoms with Crippen molar-refractivity contribution in [2.75, 3.05) is 7.11 Å². The van der Waals surface area contributed by atoms with Crippen LogP contribution in [0.2, 0.25) is 0 Å². The molecule has 158 valence electrons. The second-order valence-corrected chi connectivity index (χ2v) is 7.64. The number of aliphatic carboxylic acids is 1. The number of carbonyl (C=O) groups excluding carboxylic acids is 1. The summed E-state index contributed by atoms with van der Waals surface area (Å²) in [6, 6.07) is 21.4. The number of hydrogen-bond donors (Lipinski definition) is 2. The topological polar surface area (TPSA) is 84.9 Å². The highest BCUT2D eigenvalue weighted by Crippen LogP contribution is 2.30. The lowest BCUT2D eigenvalue weighted by atomic mass is 10.1. The van der Waals surface area contributed by atoms with Crippen molar-refractivity contribution in [1.29, 1.82) is 0 Å². The molecular formula is C24H20INO5. The number of nitrogens with one attached hydrogen (secondary N) is 1. The van der Waals surface area contributed by atoms with E-state index in [4.69, 9.17) is 9.47 Å². The second kappa shape index (κ2) is 10.6. The van der Waals surface area contributed by atoms with Crippen molar-refractivity contribution >= 4 is 40.5 Å². The van der Waals surface area contributed by atoms with E-state index in [1.165, 1.54) is 13.2 Å². The minimum absolute atomic E-state index is 0.247. The van der Waals surface area contributed by atoms with Crippen LogP contribution in [-0.4, -0.2) is 24.1 Å². The van der Waals surface area contributed by atoms with Gasteiger partial charge in [0.25, 0.3) is 5.91 Å². The van der Waals surface area contributed by atoms with Gasteiger partial charge in [-0.05, 0) is 64.6 Å². The van der Waals surface area contributed by atoms with E-state index in [0.29, 0.717) is 29.2 Å². The first kappa shape index (κ1) is 22.4. The van der Waals surface area contributed by atoms with Gasteiger partial charge in [0.1, 0.15) is 12.3 Å². The van der Waals surface area contributed by atoms with Crippen LogP contribution in [0.1, 0.15) is 21.5 Å². The third kappa shape index (κ3) is 6.08. The zero-order valence-corrected chi connectivity index (χ0v) is 18.8. The number of benzene rings is 3. The molecule has 0 aliphatic rings. The predicted molar refractivity (Wildman–Crippen MR) is 126 cm³/mol. The molecular weight excluding hydrogens is 509 g/mol. The third-order valence-electron chi connectivity index (χ3n) is 4.35. The van der Waals surface area contributed by atoms with E-state index >= 15 is 0 Å². The Bertz CT molecular complexity index is 1110. The third-order valence-corrected chi connectivity index (χ3v) is 5.41. The Labute approximate surface area is 193 Å². The molecule has 0 spiro atoms. The van der Waals surface area contributed by atoms with E-state index in [9.17, 15) is 14.7 Å².